The van der Waals surface area contributed by atoms with Crippen LogP contribution in [0.15, 0.2) is 28.4 Å². The fourth-order valence-electron chi connectivity index (χ4n) is 1.24. The molecule has 0 unspecified atom stereocenters. The molecule has 14 heavy (non-hydrogen) atoms. The first kappa shape index (κ1) is 8.76. The largest absolute Gasteiger partial charge is 0.465 e. The van der Waals surface area contributed by atoms with Crippen molar-refractivity contribution in [2.24, 2.45) is 5.92 Å². The van der Waals surface area contributed by atoms with Crippen LogP contribution < -0.4 is 0 Å². The smallest absolute Gasteiger partial charge is 0.176 e. The highest BCUT2D eigenvalue weighted by Crippen LogP contribution is 2.32. The Kier molecular flexibility index (Phi) is 2.19. The van der Waals surface area contributed by atoms with Crippen molar-refractivity contribution in [3.8, 4) is 6.07 Å². The number of furan rings is 1. The first-order valence-corrected chi connectivity index (χ1v) is 4.51. The molecule has 2 rings (SSSR count). The van der Waals surface area contributed by atoms with Gasteiger partial charge in [-0.25, -0.2) is 0 Å². The second kappa shape index (κ2) is 3.51. The number of rotatable bonds is 3. The quantitative estimate of drug-likeness (QED) is 0.538. The molecule has 0 aliphatic heterocycles. The van der Waals surface area contributed by atoms with Crippen LogP contribution in [0.25, 0.3) is 6.08 Å². The van der Waals surface area contributed by atoms with Crippen LogP contribution in [-0.4, -0.2) is 5.78 Å². The zero-order chi connectivity index (χ0) is 9.97. The van der Waals surface area contributed by atoms with Crippen LogP contribution in [0, 0.1) is 17.2 Å². The van der Waals surface area contributed by atoms with Gasteiger partial charge in [0, 0.05) is 12.0 Å². The number of Topliss-reactive ketones (excluding diaryl/α,β-unsaturated/α-hetero) is 1. The van der Waals surface area contributed by atoms with Crippen LogP contribution in [0.3, 0.4) is 0 Å². The number of allylic oxidation sites excluding steroid dienone is 1. The van der Waals surface area contributed by atoms with Crippen molar-refractivity contribution in [2.75, 3.05) is 0 Å². The molecule has 1 fully saturated rings. The molecule has 1 heterocycles. The highest BCUT2D eigenvalue weighted by Gasteiger charge is 2.31. The summed E-state index contributed by atoms with van der Waals surface area (Å²) in [4.78, 5) is 11.5. The average molecular weight is 187 g/mol. The van der Waals surface area contributed by atoms with Gasteiger partial charge in [-0.3, -0.25) is 4.79 Å². The maximum Gasteiger partial charge on any atom is 0.176 e. The van der Waals surface area contributed by atoms with Crippen molar-refractivity contribution < 1.29 is 9.21 Å². The molecule has 0 N–H and O–H groups in total. The zero-order valence-electron chi connectivity index (χ0n) is 7.56. The van der Waals surface area contributed by atoms with Crippen LogP contribution in [0.5, 0.6) is 0 Å². The minimum Gasteiger partial charge on any atom is -0.465 e. The summed E-state index contributed by atoms with van der Waals surface area (Å²) < 4.78 is 5.04. The van der Waals surface area contributed by atoms with Gasteiger partial charge < -0.3 is 4.42 Å². The Morgan fingerprint density at radius 2 is 2.43 bits per heavy atom. The molecule has 0 radical (unpaired) electrons. The number of nitrogens with zero attached hydrogens (tertiary/aromatic N) is 1. The first-order chi connectivity index (χ1) is 6.81. The molecule has 0 aromatic carbocycles. The molecule has 3 nitrogen and oxygen atoms in total. The predicted octanol–water partition coefficient (Wildman–Crippen LogP) is 2.17. The Bertz CT molecular complexity index is 405. The van der Waals surface area contributed by atoms with Crippen molar-refractivity contribution in [1.29, 1.82) is 5.26 Å². The number of ketones is 1. The lowest BCUT2D eigenvalue weighted by atomic mass is 10.1. The monoisotopic (exact) mass is 187 g/mol. The Morgan fingerprint density at radius 1 is 1.64 bits per heavy atom. The van der Waals surface area contributed by atoms with Crippen molar-refractivity contribution in [3.05, 3.63) is 29.7 Å². The molecule has 3 heteroatoms. The fraction of sp³-hybridized carbons (Fsp3) is 0.273. The zero-order valence-corrected chi connectivity index (χ0v) is 7.56. The summed E-state index contributed by atoms with van der Waals surface area (Å²) in [5.41, 5.74) is 0.197. The van der Waals surface area contributed by atoms with E-state index in [-0.39, 0.29) is 17.3 Å². The third-order valence-corrected chi connectivity index (χ3v) is 2.16. The molecule has 0 atom stereocenters. The maximum absolute atomic E-state index is 11.5. The number of hydrogen-bond acceptors (Lipinski definition) is 3. The SMILES string of the molecule is N#CC(=Cc1ccco1)C(=O)C1CC1. The third kappa shape index (κ3) is 1.74. The number of nitriles is 1. The van der Waals surface area contributed by atoms with E-state index < -0.39 is 0 Å². The van der Waals surface area contributed by atoms with E-state index in [1.54, 1.807) is 12.1 Å². The van der Waals surface area contributed by atoms with Crippen LogP contribution >= 0.6 is 0 Å². The standard InChI is InChI=1S/C11H9NO2/c12-7-9(11(13)8-3-4-8)6-10-2-1-5-14-10/h1-2,5-6,8H,3-4H2. The normalized spacial score (nSPS) is 16.4. The van der Waals surface area contributed by atoms with Gasteiger partial charge >= 0.3 is 0 Å². The van der Waals surface area contributed by atoms with E-state index in [9.17, 15) is 4.79 Å². The van der Waals surface area contributed by atoms with Crippen molar-refractivity contribution >= 4 is 11.9 Å². The molecular weight excluding hydrogens is 178 g/mol. The summed E-state index contributed by atoms with van der Waals surface area (Å²) in [7, 11) is 0. The summed E-state index contributed by atoms with van der Waals surface area (Å²) in [6, 6.07) is 5.36. The van der Waals surface area contributed by atoms with Crippen LogP contribution in [-0.2, 0) is 4.79 Å². The van der Waals surface area contributed by atoms with E-state index in [0.717, 1.165) is 12.8 Å². The minimum atomic E-state index is -0.0519. The Hall–Kier alpha value is -1.82. The summed E-state index contributed by atoms with van der Waals surface area (Å²) in [5.74, 6) is 0.579. The highest BCUT2D eigenvalue weighted by molar-refractivity contribution is 6.05. The van der Waals surface area contributed by atoms with Gasteiger partial charge in [0.05, 0.1) is 11.8 Å². The van der Waals surface area contributed by atoms with E-state index in [1.165, 1.54) is 12.3 Å². The summed E-state index contributed by atoms with van der Waals surface area (Å²) >= 11 is 0. The van der Waals surface area contributed by atoms with Crippen molar-refractivity contribution in [3.63, 3.8) is 0 Å². The molecule has 0 spiro atoms. The maximum atomic E-state index is 11.5. The number of hydrogen-bond donors (Lipinski definition) is 0. The van der Waals surface area contributed by atoms with Gasteiger partial charge in [-0.05, 0) is 25.0 Å². The van der Waals surface area contributed by atoms with Gasteiger partial charge in [0.15, 0.2) is 5.78 Å². The molecule has 1 aliphatic carbocycles. The molecule has 0 saturated heterocycles. The summed E-state index contributed by atoms with van der Waals surface area (Å²) in [6.45, 7) is 0. The van der Waals surface area contributed by atoms with E-state index in [4.69, 9.17) is 9.68 Å². The summed E-state index contributed by atoms with van der Waals surface area (Å²) in [6.07, 6.45) is 4.84. The van der Waals surface area contributed by atoms with Gasteiger partial charge in [0.1, 0.15) is 11.8 Å². The van der Waals surface area contributed by atoms with E-state index >= 15 is 0 Å². The molecule has 1 aromatic rings. The van der Waals surface area contributed by atoms with E-state index in [1.807, 2.05) is 6.07 Å². The molecular formula is C11H9NO2. The second-order valence-electron chi connectivity index (χ2n) is 3.32. The first-order valence-electron chi connectivity index (χ1n) is 4.51. The van der Waals surface area contributed by atoms with Crippen LogP contribution in [0.1, 0.15) is 18.6 Å². The lowest BCUT2D eigenvalue weighted by molar-refractivity contribution is -0.116. The van der Waals surface area contributed by atoms with Crippen LogP contribution in [0.4, 0.5) is 0 Å². The van der Waals surface area contributed by atoms with Gasteiger partial charge in [-0.1, -0.05) is 0 Å². The molecule has 0 amide bonds. The second-order valence-corrected chi connectivity index (χ2v) is 3.32. The van der Waals surface area contributed by atoms with Crippen LogP contribution in [0.2, 0.25) is 0 Å². The fourth-order valence-corrected chi connectivity index (χ4v) is 1.24. The number of carbonyl (C=O) groups is 1. The average Bonchev–Trinajstić information content (AvgIpc) is 2.93. The van der Waals surface area contributed by atoms with Crippen molar-refractivity contribution in [2.45, 2.75) is 12.8 Å². The molecule has 0 bridgehead atoms. The lowest BCUT2D eigenvalue weighted by Crippen LogP contribution is -2.02. The molecule has 1 aliphatic rings. The van der Waals surface area contributed by atoms with Crippen molar-refractivity contribution in [1.82, 2.24) is 0 Å². The number of carbonyl (C=O) groups excluding carboxylic acids is 1. The van der Waals surface area contributed by atoms with Gasteiger partial charge in [-0.2, -0.15) is 5.26 Å². The minimum absolute atomic E-state index is 0.0519. The van der Waals surface area contributed by atoms with Gasteiger partial charge in [0.2, 0.25) is 0 Å². The molecule has 1 saturated carbocycles. The van der Waals surface area contributed by atoms with Gasteiger partial charge in [-0.15, -0.1) is 0 Å². The Labute approximate surface area is 81.6 Å². The van der Waals surface area contributed by atoms with E-state index in [2.05, 4.69) is 0 Å². The Morgan fingerprint density at radius 3 is 2.93 bits per heavy atom. The third-order valence-electron chi connectivity index (χ3n) is 2.16. The highest BCUT2D eigenvalue weighted by atomic mass is 16.3. The lowest BCUT2D eigenvalue weighted by Gasteiger charge is -1.93. The predicted molar refractivity (Wildman–Crippen MR) is 50.0 cm³/mol. The van der Waals surface area contributed by atoms with Gasteiger partial charge in [0.25, 0.3) is 0 Å². The Balaban J connectivity index is 2.21. The molecule has 70 valence electrons. The van der Waals surface area contributed by atoms with E-state index in [0.29, 0.717) is 5.76 Å². The topological polar surface area (TPSA) is 54.0 Å². The molecule has 1 aromatic heterocycles. The summed E-state index contributed by atoms with van der Waals surface area (Å²) in [5, 5.41) is 8.79.